The number of ketones is 1. The van der Waals surface area contributed by atoms with E-state index in [1.54, 1.807) is 34.9 Å². The number of aromatic nitrogens is 4. The van der Waals surface area contributed by atoms with E-state index in [0.29, 0.717) is 12.0 Å². The zero-order valence-electron chi connectivity index (χ0n) is 19.5. The summed E-state index contributed by atoms with van der Waals surface area (Å²) in [5.41, 5.74) is 6.56. The van der Waals surface area contributed by atoms with Crippen LogP contribution in [0.2, 0.25) is 0 Å². The van der Waals surface area contributed by atoms with Crippen molar-refractivity contribution in [3.05, 3.63) is 68.4 Å². The molecule has 1 aliphatic rings. The monoisotopic (exact) mass is 464 g/mol. The molecule has 1 aromatic carbocycles. The summed E-state index contributed by atoms with van der Waals surface area (Å²) in [6, 6.07) is 8.29. The number of amides is 1. The van der Waals surface area contributed by atoms with Gasteiger partial charge in [-0.3, -0.25) is 33.0 Å². The van der Waals surface area contributed by atoms with Crippen LogP contribution in [0.4, 0.5) is 5.95 Å². The molecule has 4 rings (SSSR count). The highest BCUT2D eigenvalue weighted by Gasteiger charge is 2.30. The molecule has 0 aliphatic carbocycles. The molecular formula is C24H28N6O4. The third kappa shape index (κ3) is 4.24. The van der Waals surface area contributed by atoms with Crippen LogP contribution in [-0.2, 0) is 24.9 Å². The van der Waals surface area contributed by atoms with Crippen molar-refractivity contribution < 1.29 is 9.59 Å². The molecule has 1 aliphatic heterocycles. The summed E-state index contributed by atoms with van der Waals surface area (Å²) >= 11 is 0. The number of imidazole rings is 1. The van der Waals surface area contributed by atoms with Gasteiger partial charge in [-0.25, -0.2) is 4.79 Å². The Balaban J connectivity index is 1.92. The number of Topliss-reactive ketones (excluding diaryl/α,β-unsaturated/α-hetero) is 1. The highest BCUT2D eigenvalue weighted by Crippen LogP contribution is 2.24. The number of benzene rings is 1. The standard InChI is InChI=1S/C24H28N6O4/c1-15(2)11-12-28-20-21(26-23(28)29-13-17(25)9-10-19(29)32)27(3)24(34)30(22(20)33)14-18(31)16-7-5-4-6-8-16/h4-8,11,17H,9-10,12-14,25H2,1-3H3. The van der Waals surface area contributed by atoms with Crippen molar-refractivity contribution >= 4 is 28.8 Å². The number of anilines is 1. The van der Waals surface area contributed by atoms with Crippen LogP contribution >= 0.6 is 0 Å². The lowest BCUT2D eigenvalue weighted by Crippen LogP contribution is -2.47. The minimum atomic E-state index is -0.651. The van der Waals surface area contributed by atoms with Crippen LogP contribution in [0.5, 0.6) is 0 Å². The average molecular weight is 465 g/mol. The molecule has 1 unspecified atom stereocenters. The minimum Gasteiger partial charge on any atom is -0.326 e. The highest BCUT2D eigenvalue weighted by atomic mass is 16.2. The van der Waals surface area contributed by atoms with Gasteiger partial charge < -0.3 is 5.73 Å². The number of hydrogen-bond donors (Lipinski definition) is 1. The third-order valence-corrected chi connectivity index (χ3v) is 5.98. The van der Waals surface area contributed by atoms with Gasteiger partial charge in [0.1, 0.15) is 0 Å². The molecule has 1 atom stereocenters. The second-order valence-corrected chi connectivity index (χ2v) is 8.80. The van der Waals surface area contributed by atoms with Gasteiger partial charge in [0.05, 0.1) is 6.54 Å². The summed E-state index contributed by atoms with van der Waals surface area (Å²) in [7, 11) is 1.50. The molecule has 10 heteroatoms. The van der Waals surface area contributed by atoms with Gasteiger partial charge in [0.25, 0.3) is 5.56 Å². The number of aryl methyl sites for hydroxylation is 1. The molecule has 1 amide bonds. The predicted octanol–water partition coefficient (Wildman–Crippen LogP) is 1.20. The van der Waals surface area contributed by atoms with Crippen molar-refractivity contribution in [2.75, 3.05) is 11.4 Å². The lowest BCUT2D eigenvalue weighted by Gasteiger charge is -2.30. The Hall–Kier alpha value is -3.79. The first kappa shape index (κ1) is 23.4. The lowest BCUT2D eigenvalue weighted by molar-refractivity contribution is -0.119. The third-order valence-electron chi connectivity index (χ3n) is 5.98. The molecular weight excluding hydrogens is 436 g/mol. The van der Waals surface area contributed by atoms with Crippen LogP contribution in [0.1, 0.15) is 37.0 Å². The van der Waals surface area contributed by atoms with E-state index in [-0.39, 0.29) is 54.4 Å². The summed E-state index contributed by atoms with van der Waals surface area (Å²) < 4.78 is 3.79. The molecule has 10 nitrogen and oxygen atoms in total. The fraction of sp³-hybridized carbons (Fsp3) is 0.375. The number of rotatable bonds is 6. The Bertz CT molecular complexity index is 1410. The molecule has 178 valence electrons. The minimum absolute atomic E-state index is 0.139. The molecule has 0 saturated carbocycles. The number of nitrogens with zero attached hydrogens (tertiary/aromatic N) is 5. The van der Waals surface area contributed by atoms with Gasteiger partial charge in [-0.15, -0.1) is 0 Å². The quantitative estimate of drug-likeness (QED) is 0.432. The number of allylic oxidation sites excluding steroid dienone is 2. The second-order valence-electron chi connectivity index (χ2n) is 8.80. The van der Waals surface area contributed by atoms with E-state index in [1.165, 1.54) is 16.5 Å². The molecule has 0 radical (unpaired) electrons. The van der Waals surface area contributed by atoms with E-state index >= 15 is 0 Å². The van der Waals surface area contributed by atoms with E-state index in [0.717, 1.165) is 10.1 Å². The summed E-state index contributed by atoms with van der Waals surface area (Å²) in [6.07, 6.45) is 2.77. The van der Waals surface area contributed by atoms with E-state index in [9.17, 15) is 19.2 Å². The summed E-state index contributed by atoms with van der Waals surface area (Å²) in [4.78, 5) is 58.2. The van der Waals surface area contributed by atoms with Gasteiger partial charge in [-0.2, -0.15) is 4.98 Å². The molecule has 0 spiro atoms. The van der Waals surface area contributed by atoms with Gasteiger partial charge in [0.2, 0.25) is 11.9 Å². The van der Waals surface area contributed by atoms with Gasteiger partial charge >= 0.3 is 5.69 Å². The fourth-order valence-corrected chi connectivity index (χ4v) is 4.08. The summed E-state index contributed by atoms with van der Waals surface area (Å²) in [5, 5.41) is 0. The van der Waals surface area contributed by atoms with Crippen molar-refractivity contribution in [3.8, 4) is 0 Å². The summed E-state index contributed by atoms with van der Waals surface area (Å²) in [5.74, 6) is -0.223. The molecule has 2 aromatic heterocycles. The molecule has 34 heavy (non-hydrogen) atoms. The first-order valence-corrected chi connectivity index (χ1v) is 11.2. The SMILES string of the molecule is CC(C)=CCn1c(N2CC(N)CCC2=O)nc2c1c(=O)n(CC(=O)c1ccccc1)c(=O)n2C. The number of nitrogens with two attached hydrogens (primary N) is 1. The Morgan fingerprint density at radius 1 is 1.15 bits per heavy atom. The van der Waals surface area contributed by atoms with Crippen LogP contribution in [0.25, 0.3) is 11.2 Å². The zero-order chi connectivity index (χ0) is 24.6. The largest absolute Gasteiger partial charge is 0.332 e. The van der Waals surface area contributed by atoms with E-state index in [1.807, 2.05) is 19.9 Å². The van der Waals surface area contributed by atoms with Crippen LogP contribution < -0.4 is 21.9 Å². The number of fused-ring (bicyclic) bond motifs is 1. The van der Waals surface area contributed by atoms with Gasteiger partial charge in [-0.05, 0) is 20.3 Å². The number of carbonyl (C=O) groups is 2. The van der Waals surface area contributed by atoms with Crippen molar-refractivity contribution in [1.29, 1.82) is 0 Å². The average Bonchev–Trinajstić information content (AvgIpc) is 3.20. The smallest absolute Gasteiger partial charge is 0.326 e. The normalized spacial score (nSPS) is 16.2. The van der Waals surface area contributed by atoms with Crippen LogP contribution in [-0.4, -0.2) is 43.0 Å². The first-order valence-electron chi connectivity index (χ1n) is 11.2. The Morgan fingerprint density at radius 3 is 2.53 bits per heavy atom. The molecule has 2 N–H and O–H groups in total. The number of piperidine rings is 1. The lowest BCUT2D eigenvalue weighted by atomic mass is 10.1. The van der Waals surface area contributed by atoms with Crippen LogP contribution in [0, 0.1) is 0 Å². The predicted molar refractivity (Wildman–Crippen MR) is 129 cm³/mol. The van der Waals surface area contributed by atoms with Crippen LogP contribution in [0.15, 0.2) is 51.6 Å². The maximum Gasteiger partial charge on any atom is 0.332 e. The Kier molecular flexibility index (Phi) is 6.34. The molecule has 0 bridgehead atoms. The molecule has 3 aromatic rings. The van der Waals surface area contributed by atoms with Crippen molar-refractivity contribution in [2.45, 2.75) is 45.8 Å². The van der Waals surface area contributed by atoms with Gasteiger partial charge in [-0.1, -0.05) is 42.0 Å². The second kappa shape index (κ2) is 9.22. The Labute approximate surface area is 195 Å². The molecule has 1 saturated heterocycles. The van der Waals surface area contributed by atoms with Crippen molar-refractivity contribution in [3.63, 3.8) is 0 Å². The first-order chi connectivity index (χ1) is 16.2. The number of carbonyl (C=O) groups excluding carboxylic acids is 2. The van der Waals surface area contributed by atoms with Crippen LogP contribution in [0.3, 0.4) is 0 Å². The van der Waals surface area contributed by atoms with E-state index in [4.69, 9.17) is 5.73 Å². The topological polar surface area (TPSA) is 125 Å². The van der Waals surface area contributed by atoms with E-state index < -0.39 is 17.8 Å². The van der Waals surface area contributed by atoms with Crippen molar-refractivity contribution in [1.82, 2.24) is 18.7 Å². The highest BCUT2D eigenvalue weighted by molar-refractivity contribution is 5.96. The molecule has 3 heterocycles. The van der Waals surface area contributed by atoms with E-state index in [2.05, 4.69) is 4.98 Å². The van der Waals surface area contributed by atoms with Gasteiger partial charge in [0, 0.05) is 38.2 Å². The maximum atomic E-state index is 13.6. The molecule has 1 fully saturated rings. The summed E-state index contributed by atoms with van der Waals surface area (Å²) in [6.45, 7) is 3.99. The fourth-order valence-electron chi connectivity index (χ4n) is 4.08. The number of hydrogen-bond acceptors (Lipinski definition) is 6. The Morgan fingerprint density at radius 2 is 1.85 bits per heavy atom. The van der Waals surface area contributed by atoms with Gasteiger partial charge in [0.15, 0.2) is 16.9 Å². The zero-order valence-corrected chi connectivity index (χ0v) is 19.5. The van der Waals surface area contributed by atoms with Crippen molar-refractivity contribution in [2.24, 2.45) is 12.8 Å². The maximum absolute atomic E-state index is 13.6.